The Labute approximate surface area is 154 Å². The van der Waals surface area contributed by atoms with Gasteiger partial charge in [-0.2, -0.15) is 0 Å². The largest absolute Gasteiger partial charge is 0.469 e. The van der Waals surface area contributed by atoms with Crippen LogP contribution in [0.2, 0.25) is 0 Å². The number of hydrogen-bond donors (Lipinski definition) is 1. The third-order valence-corrected chi connectivity index (χ3v) is 4.70. The molecule has 0 aliphatic heterocycles. The van der Waals surface area contributed by atoms with Gasteiger partial charge in [-0.15, -0.1) is 10.2 Å². The van der Waals surface area contributed by atoms with Gasteiger partial charge in [0.2, 0.25) is 5.91 Å². The molecule has 3 rings (SSSR count). The normalized spacial score (nSPS) is 11.1. The van der Waals surface area contributed by atoms with Gasteiger partial charge in [-0.05, 0) is 39.0 Å². The van der Waals surface area contributed by atoms with Crippen LogP contribution >= 0.6 is 11.8 Å². The standard InChI is InChI=1S/C18H19FN4O2S/c1-11(2)23-17(13-8-9-25-12(13)3)21-22-18(23)26-10-16(24)20-15-7-5-4-6-14(15)19/h4-9,11H,10H2,1-3H3,(H,20,24). The highest BCUT2D eigenvalue weighted by atomic mass is 32.2. The van der Waals surface area contributed by atoms with Gasteiger partial charge in [0.1, 0.15) is 11.6 Å². The number of nitrogens with zero attached hydrogens (tertiary/aromatic N) is 3. The number of carbonyl (C=O) groups excluding carboxylic acids is 1. The number of aryl methyl sites for hydroxylation is 1. The zero-order chi connectivity index (χ0) is 18.7. The molecule has 2 heterocycles. The smallest absolute Gasteiger partial charge is 0.234 e. The second-order valence-electron chi connectivity index (χ2n) is 5.98. The minimum Gasteiger partial charge on any atom is -0.469 e. The van der Waals surface area contributed by atoms with Crippen LogP contribution in [-0.2, 0) is 4.79 Å². The van der Waals surface area contributed by atoms with Crippen LogP contribution in [0, 0.1) is 12.7 Å². The lowest BCUT2D eigenvalue weighted by atomic mass is 10.2. The number of nitrogens with one attached hydrogen (secondary N) is 1. The predicted molar refractivity (Wildman–Crippen MR) is 98.6 cm³/mol. The molecule has 136 valence electrons. The summed E-state index contributed by atoms with van der Waals surface area (Å²) in [5, 5.41) is 11.7. The van der Waals surface area contributed by atoms with Crippen molar-refractivity contribution in [1.82, 2.24) is 14.8 Å². The second-order valence-corrected chi connectivity index (χ2v) is 6.92. The number of aromatic nitrogens is 3. The lowest BCUT2D eigenvalue weighted by molar-refractivity contribution is -0.113. The zero-order valence-electron chi connectivity index (χ0n) is 14.7. The molecule has 26 heavy (non-hydrogen) atoms. The summed E-state index contributed by atoms with van der Waals surface area (Å²) in [4.78, 5) is 12.1. The van der Waals surface area contributed by atoms with Crippen molar-refractivity contribution in [3.8, 4) is 11.4 Å². The van der Waals surface area contributed by atoms with Crippen molar-refractivity contribution in [2.24, 2.45) is 0 Å². The number of amides is 1. The van der Waals surface area contributed by atoms with E-state index in [0.717, 1.165) is 11.3 Å². The van der Waals surface area contributed by atoms with Crippen molar-refractivity contribution >= 4 is 23.4 Å². The van der Waals surface area contributed by atoms with E-state index < -0.39 is 5.82 Å². The Hall–Kier alpha value is -2.61. The van der Waals surface area contributed by atoms with Gasteiger partial charge in [0, 0.05) is 6.04 Å². The van der Waals surface area contributed by atoms with E-state index in [1.807, 2.05) is 31.4 Å². The third-order valence-electron chi connectivity index (χ3n) is 3.76. The summed E-state index contributed by atoms with van der Waals surface area (Å²) >= 11 is 1.26. The highest BCUT2D eigenvalue weighted by Crippen LogP contribution is 2.30. The van der Waals surface area contributed by atoms with E-state index in [9.17, 15) is 9.18 Å². The molecule has 0 aliphatic rings. The molecule has 1 amide bonds. The quantitative estimate of drug-likeness (QED) is 0.651. The van der Waals surface area contributed by atoms with Crippen LogP contribution in [-0.4, -0.2) is 26.4 Å². The summed E-state index contributed by atoms with van der Waals surface area (Å²) < 4.78 is 20.9. The predicted octanol–water partition coefficient (Wildman–Crippen LogP) is 4.30. The molecule has 0 fully saturated rings. The number of para-hydroxylation sites is 1. The SMILES string of the molecule is Cc1occc1-c1nnc(SCC(=O)Nc2ccccc2F)n1C(C)C. The average molecular weight is 374 g/mol. The van der Waals surface area contributed by atoms with Crippen LogP contribution in [0.4, 0.5) is 10.1 Å². The maximum absolute atomic E-state index is 13.6. The fraction of sp³-hybridized carbons (Fsp3) is 0.278. The molecule has 0 radical (unpaired) electrons. The molecule has 3 aromatic rings. The molecule has 0 unspecified atom stereocenters. The van der Waals surface area contributed by atoms with Crippen LogP contribution in [0.1, 0.15) is 25.6 Å². The summed E-state index contributed by atoms with van der Waals surface area (Å²) in [6, 6.07) is 8.01. The first-order chi connectivity index (χ1) is 12.5. The number of halogens is 1. The highest BCUT2D eigenvalue weighted by molar-refractivity contribution is 7.99. The van der Waals surface area contributed by atoms with E-state index >= 15 is 0 Å². The highest BCUT2D eigenvalue weighted by Gasteiger charge is 2.20. The first kappa shape index (κ1) is 18.2. The molecule has 1 N–H and O–H groups in total. The van der Waals surface area contributed by atoms with Crippen LogP contribution in [0.3, 0.4) is 0 Å². The lowest BCUT2D eigenvalue weighted by Gasteiger charge is -2.13. The first-order valence-electron chi connectivity index (χ1n) is 8.14. The van der Waals surface area contributed by atoms with Crippen molar-refractivity contribution in [3.05, 3.63) is 48.2 Å². The van der Waals surface area contributed by atoms with E-state index in [2.05, 4.69) is 15.5 Å². The van der Waals surface area contributed by atoms with Gasteiger partial charge in [0.25, 0.3) is 0 Å². The third kappa shape index (κ3) is 3.80. The molecule has 0 spiro atoms. The van der Waals surface area contributed by atoms with Crippen molar-refractivity contribution in [2.75, 3.05) is 11.1 Å². The van der Waals surface area contributed by atoms with Crippen LogP contribution in [0.5, 0.6) is 0 Å². The summed E-state index contributed by atoms with van der Waals surface area (Å²) in [6.45, 7) is 5.90. The zero-order valence-corrected chi connectivity index (χ0v) is 15.5. The Bertz CT molecular complexity index is 920. The van der Waals surface area contributed by atoms with E-state index in [-0.39, 0.29) is 23.4 Å². The fourth-order valence-electron chi connectivity index (χ4n) is 2.52. The van der Waals surface area contributed by atoms with Gasteiger partial charge in [-0.1, -0.05) is 23.9 Å². The summed E-state index contributed by atoms with van der Waals surface area (Å²) in [6.07, 6.45) is 1.61. The number of rotatable bonds is 6. The van der Waals surface area contributed by atoms with Crippen LogP contribution in [0.15, 0.2) is 46.2 Å². The molecular formula is C18H19FN4O2S. The molecule has 0 saturated heterocycles. The molecule has 0 atom stereocenters. The van der Waals surface area contributed by atoms with E-state index in [1.54, 1.807) is 18.4 Å². The van der Waals surface area contributed by atoms with Crippen LogP contribution in [0.25, 0.3) is 11.4 Å². The molecule has 0 saturated carbocycles. The van der Waals surface area contributed by atoms with Crippen molar-refractivity contribution < 1.29 is 13.6 Å². The van der Waals surface area contributed by atoms with Crippen molar-refractivity contribution in [2.45, 2.75) is 32.0 Å². The maximum atomic E-state index is 13.6. The van der Waals surface area contributed by atoms with E-state index in [4.69, 9.17) is 4.42 Å². The number of benzene rings is 1. The fourth-order valence-corrected chi connectivity index (χ4v) is 3.39. The van der Waals surface area contributed by atoms with Gasteiger partial charge in [0.15, 0.2) is 11.0 Å². The Balaban J connectivity index is 1.74. The lowest BCUT2D eigenvalue weighted by Crippen LogP contribution is -2.15. The molecule has 1 aromatic carbocycles. The number of anilines is 1. The summed E-state index contributed by atoms with van der Waals surface area (Å²) in [7, 11) is 0. The average Bonchev–Trinajstić information content (AvgIpc) is 3.20. The van der Waals surface area contributed by atoms with Gasteiger partial charge in [-0.25, -0.2) is 4.39 Å². The van der Waals surface area contributed by atoms with Crippen LogP contribution < -0.4 is 5.32 Å². The topological polar surface area (TPSA) is 72.9 Å². The van der Waals surface area contributed by atoms with Gasteiger partial charge in [0.05, 0.1) is 23.3 Å². The van der Waals surface area contributed by atoms with Gasteiger partial charge >= 0.3 is 0 Å². The minimum atomic E-state index is -0.464. The van der Waals surface area contributed by atoms with E-state index in [0.29, 0.717) is 11.0 Å². The maximum Gasteiger partial charge on any atom is 0.234 e. The van der Waals surface area contributed by atoms with E-state index in [1.165, 1.54) is 23.9 Å². The molecule has 0 aliphatic carbocycles. The van der Waals surface area contributed by atoms with Crippen molar-refractivity contribution in [1.29, 1.82) is 0 Å². The minimum absolute atomic E-state index is 0.101. The first-order valence-corrected chi connectivity index (χ1v) is 9.12. The van der Waals surface area contributed by atoms with Gasteiger partial charge < -0.3 is 9.73 Å². The Morgan fingerprint density at radius 1 is 1.31 bits per heavy atom. The molecule has 2 aromatic heterocycles. The molecule has 6 nitrogen and oxygen atoms in total. The number of thioether (sulfide) groups is 1. The second kappa shape index (κ2) is 7.74. The molecular weight excluding hydrogens is 355 g/mol. The molecule has 8 heteroatoms. The Morgan fingerprint density at radius 2 is 2.08 bits per heavy atom. The summed E-state index contributed by atoms with van der Waals surface area (Å²) in [5.74, 6) is 0.786. The number of hydrogen-bond acceptors (Lipinski definition) is 5. The van der Waals surface area contributed by atoms with Crippen molar-refractivity contribution in [3.63, 3.8) is 0 Å². The Kier molecular flexibility index (Phi) is 5.41. The summed E-state index contributed by atoms with van der Waals surface area (Å²) in [5.41, 5.74) is 1.03. The van der Waals surface area contributed by atoms with Gasteiger partial charge in [-0.3, -0.25) is 9.36 Å². The molecule has 0 bridgehead atoms. The monoisotopic (exact) mass is 374 g/mol. The number of carbonyl (C=O) groups is 1. The Morgan fingerprint density at radius 3 is 2.73 bits per heavy atom. The number of furan rings is 1.